The van der Waals surface area contributed by atoms with Gasteiger partial charge in [-0.2, -0.15) is 0 Å². The van der Waals surface area contributed by atoms with Crippen LogP contribution in [0.1, 0.15) is 6.92 Å². The van der Waals surface area contributed by atoms with Crippen molar-refractivity contribution >= 4 is 39.8 Å². The Morgan fingerprint density at radius 3 is 2.67 bits per heavy atom. The van der Waals surface area contributed by atoms with Crippen molar-refractivity contribution in [1.82, 2.24) is 15.5 Å². The van der Waals surface area contributed by atoms with Gasteiger partial charge in [-0.05, 0) is 29.5 Å². The number of amides is 2. The molecule has 2 N–H and O–H groups in total. The summed E-state index contributed by atoms with van der Waals surface area (Å²) in [7, 11) is 0. The van der Waals surface area contributed by atoms with Crippen LogP contribution in [-0.2, 0) is 9.53 Å². The van der Waals surface area contributed by atoms with Crippen LogP contribution in [-0.4, -0.2) is 67.6 Å². The van der Waals surface area contributed by atoms with Crippen LogP contribution in [0, 0.1) is 5.82 Å². The predicted octanol–water partition coefficient (Wildman–Crippen LogP) is 0.758. The Balaban J connectivity index is 1.39. The van der Waals surface area contributed by atoms with Gasteiger partial charge in [0.2, 0.25) is 11.0 Å². The van der Waals surface area contributed by atoms with Crippen molar-refractivity contribution in [2.45, 2.75) is 13.0 Å². The largest absolute Gasteiger partial charge is 0.442 e. The first-order valence-electron chi connectivity index (χ1n) is 9.48. The highest BCUT2D eigenvalue weighted by atomic mass is 32.1. The number of nitrogens with zero attached hydrogens (tertiary/aromatic N) is 4. The van der Waals surface area contributed by atoms with Gasteiger partial charge in [0.1, 0.15) is 11.9 Å². The van der Waals surface area contributed by atoms with E-state index in [1.807, 2.05) is 9.80 Å². The van der Waals surface area contributed by atoms with Crippen molar-refractivity contribution in [2.24, 2.45) is 0 Å². The molecular formula is C18H21FN6O4S. The quantitative estimate of drug-likeness (QED) is 0.712. The molecular weight excluding hydrogens is 415 g/mol. The third kappa shape index (κ3) is 4.22. The molecule has 2 aromatic rings. The summed E-state index contributed by atoms with van der Waals surface area (Å²) in [5.41, 5.74) is 0.863. The Hall–Kier alpha value is -3.15. The van der Waals surface area contributed by atoms with Crippen molar-refractivity contribution in [1.29, 1.82) is 0 Å². The molecule has 2 amide bonds. The Morgan fingerprint density at radius 1 is 1.30 bits per heavy atom. The first kappa shape index (κ1) is 20.1. The predicted molar refractivity (Wildman–Crippen MR) is 110 cm³/mol. The Bertz CT molecular complexity index is 1000. The second kappa shape index (κ2) is 8.30. The monoisotopic (exact) mass is 436 g/mol. The molecule has 1 unspecified atom stereocenters. The molecule has 1 aromatic heterocycles. The van der Waals surface area contributed by atoms with Crippen LogP contribution in [0.25, 0.3) is 0 Å². The van der Waals surface area contributed by atoms with E-state index in [9.17, 15) is 18.8 Å². The molecule has 2 saturated heterocycles. The van der Waals surface area contributed by atoms with E-state index < -0.39 is 18.0 Å². The van der Waals surface area contributed by atoms with E-state index in [0.717, 1.165) is 11.3 Å². The minimum absolute atomic E-state index is 0.200. The number of nitrogens with one attached hydrogen (secondary N) is 2. The van der Waals surface area contributed by atoms with E-state index in [-0.39, 0.29) is 23.9 Å². The summed E-state index contributed by atoms with van der Waals surface area (Å²) in [5, 5.41) is 9.64. The SMILES string of the molecule is CC(=O)NCC1CN(c2ccc(N3CCN(c4n[nH]c(=O)s4)CC3)c(F)c2)C(=O)O1. The van der Waals surface area contributed by atoms with E-state index in [0.29, 0.717) is 42.7 Å². The highest BCUT2D eigenvalue weighted by Gasteiger charge is 2.33. The minimum atomic E-state index is -0.566. The molecule has 2 aliphatic rings. The average molecular weight is 436 g/mol. The number of benzene rings is 1. The summed E-state index contributed by atoms with van der Waals surface area (Å²) in [6.07, 6.45) is -1.04. The lowest BCUT2D eigenvalue weighted by molar-refractivity contribution is -0.119. The number of cyclic esters (lactones) is 1. The Morgan fingerprint density at radius 2 is 2.03 bits per heavy atom. The molecule has 0 aliphatic carbocycles. The summed E-state index contributed by atoms with van der Waals surface area (Å²) in [6.45, 7) is 4.23. The van der Waals surface area contributed by atoms with Gasteiger partial charge in [0, 0.05) is 33.1 Å². The second-order valence-corrected chi connectivity index (χ2v) is 8.00. The molecule has 30 heavy (non-hydrogen) atoms. The van der Waals surface area contributed by atoms with Crippen LogP contribution in [0.3, 0.4) is 0 Å². The summed E-state index contributed by atoms with van der Waals surface area (Å²) in [6, 6.07) is 4.66. The fourth-order valence-electron chi connectivity index (χ4n) is 3.51. The van der Waals surface area contributed by atoms with Crippen molar-refractivity contribution in [2.75, 3.05) is 54.0 Å². The minimum Gasteiger partial charge on any atom is -0.442 e. The zero-order valence-corrected chi connectivity index (χ0v) is 17.1. The van der Waals surface area contributed by atoms with Gasteiger partial charge in [0.25, 0.3) is 0 Å². The van der Waals surface area contributed by atoms with Crippen molar-refractivity contribution in [3.63, 3.8) is 0 Å². The number of aromatic amines is 1. The molecule has 0 radical (unpaired) electrons. The second-order valence-electron chi connectivity index (χ2n) is 7.06. The molecule has 4 rings (SSSR count). The number of piperazine rings is 1. The maximum atomic E-state index is 14.8. The molecule has 0 bridgehead atoms. The van der Waals surface area contributed by atoms with Gasteiger partial charge in [0.05, 0.1) is 24.5 Å². The standard InChI is InChI=1S/C18H21FN6O4S/c1-11(26)20-9-13-10-25(18(28)29-13)12-2-3-15(14(19)8-12)23-4-6-24(7-5-23)16-21-22-17(27)30-16/h2-3,8,13H,4-7,9-10H2,1H3,(H,20,26)(H,22,27). The van der Waals surface area contributed by atoms with Crippen LogP contribution < -0.4 is 24.9 Å². The fourth-order valence-corrected chi connectivity index (χ4v) is 4.17. The molecule has 3 heterocycles. The van der Waals surface area contributed by atoms with Gasteiger partial charge in [0.15, 0.2) is 0 Å². The molecule has 2 aliphatic heterocycles. The summed E-state index contributed by atoms with van der Waals surface area (Å²) < 4.78 is 20.1. The van der Waals surface area contributed by atoms with Crippen molar-refractivity contribution < 1.29 is 18.7 Å². The number of ether oxygens (including phenoxy) is 1. The smallest absolute Gasteiger partial charge is 0.414 e. The van der Waals surface area contributed by atoms with Crippen molar-refractivity contribution in [3.8, 4) is 0 Å². The number of anilines is 3. The molecule has 160 valence electrons. The van der Waals surface area contributed by atoms with E-state index in [1.165, 1.54) is 17.9 Å². The van der Waals surface area contributed by atoms with Crippen molar-refractivity contribution in [3.05, 3.63) is 33.7 Å². The van der Waals surface area contributed by atoms with Gasteiger partial charge >= 0.3 is 11.0 Å². The van der Waals surface area contributed by atoms with Gasteiger partial charge < -0.3 is 19.9 Å². The van der Waals surface area contributed by atoms with Crippen LogP contribution in [0.2, 0.25) is 0 Å². The maximum Gasteiger partial charge on any atom is 0.414 e. The molecule has 1 aromatic carbocycles. The summed E-state index contributed by atoms with van der Waals surface area (Å²) >= 11 is 1.05. The van der Waals surface area contributed by atoms with E-state index in [2.05, 4.69) is 15.5 Å². The molecule has 10 nitrogen and oxygen atoms in total. The lowest BCUT2D eigenvalue weighted by Crippen LogP contribution is -2.46. The van der Waals surface area contributed by atoms with E-state index in [4.69, 9.17) is 4.74 Å². The topological polar surface area (TPSA) is 111 Å². The number of hydrogen-bond donors (Lipinski definition) is 2. The maximum absolute atomic E-state index is 14.8. The summed E-state index contributed by atoms with van der Waals surface area (Å²) in [5.74, 6) is -0.634. The van der Waals surface area contributed by atoms with Crippen LogP contribution in [0.4, 0.5) is 25.7 Å². The molecule has 0 saturated carbocycles. The third-order valence-electron chi connectivity index (χ3n) is 5.01. The normalized spacial score (nSPS) is 19.2. The zero-order valence-electron chi connectivity index (χ0n) is 16.3. The highest BCUT2D eigenvalue weighted by molar-refractivity contribution is 7.12. The molecule has 0 spiro atoms. The van der Waals surface area contributed by atoms with E-state index >= 15 is 0 Å². The number of halogens is 1. The molecule has 1 atom stereocenters. The van der Waals surface area contributed by atoms with Crippen LogP contribution >= 0.6 is 11.3 Å². The number of hydrogen-bond acceptors (Lipinski definition) is 8. The number of carbonyl (C=O) groups is 2. The Labute approximate surface area is 175 Å². The van der Waals surface area contributed by atoms with Crippen LogP contribution in [0.15, 0.2) is 23.0 Å². The number of rotatable bonds is 5. The summed E-state index contributed by atoms with van der Waals surface area (Å²) in [4.78, 5) is 39.5. The lowest BCUT2D eigenvalue weighted by Gasteiger charge is -2.36. The van der Waals surface area contributed by atoms with Crippen LogP contribution in [0.5, 0.6) is 0 Å². The fraction of sp³-hybridized carbons (Fsp3) is 0.444. The molecule has 12 heteroatoms. The average Bonchev–Trinajstić information content (AvgIpc) is 3.32. The van der Waals surface area contributed by atoms with Gasteiger partial charge in [-0.25, -0.2) is 14.3 Å². The Kier molecular flexibility index (Phi) is 5.57. The number of H-pyrrole nitrogens is 1. The van der Waals surface area contributed by atoms with Gasteiger partial charge in [-0.1, -0.05) is 0 Å². The first-order valence-corrected chi connectivity index (χ1v) is 10.3. The highest BCUT2D eigenvalue weighted by Crippen LogP contribution is 2.29. The number of aromatic nitrogens is 2. The third-order valence-corrected chi connectivity index (χ3v) is 5.82. The molecule has 2 fully saturated rings. The van der Waals surface area contributed by atoms with Gasteiger partial charge in [-0.15, -0.1) is 5.10 Å². The first-order chi connectivity index (χ1) is 14.4. The lowest BCUT2D eigenvalue weighted by atomic mass is 10.2. The van der Waals surface area contributed by atoms with E-state index in [1.54, 1.807) is 12.1 Å². The van der Waals surface area contributed by atoms with Gasteiger partial charge in [-0.3, -0.25) is 14.5 Å². The number of carbonyl (C=O) groups excluding carboxylic acids is 2. The zero-order chi connectivity index (χ0) is 21.3.